The van der Waals surface area contributed by atoms with E-state index in [2.05, 4.69) is 18.7 Å². The smallest absolute Gasteiger partial charge is 0.153 e. The third-order valence-electron chi connectivity index (χ3n) is 4.40. The minimum atomic E-state index is 0.0259. The molecule has 1 aliphatic rings. The van der Waals surface area contributed by atoms with Gasteiger partial charge in [0.15, 0.2) is 5.82 Å². The van der Waals surface area contributed by atoms with Crippen LogP contribution in [0, 0.1) is 5.92 Å². The number of aliphatic hydroxyl groups excluding tert-OH is 1. The number of piperidine rings is 1. The lowest BCUT2D eigenvalue weighted by atomic mass is 9.92. The van der Waals surface area contributed by atoms with Crippen molar-refractivity contribution in [2.75, 3.05) is 11.4 Å². The van der Waals surface area contributed by atoms with Crippen molar-refractivity contribution in [1.29, 1.82) is 0 Å². The van der Waals surface area contributed by atoms with Crippen LogP contribution in [0.3, 0.4) is 0 Å². The summed E-state index contributed by atoms with van der Waals surface area (Å²) in [5.74, 6) is 1.62. The second-order valence-corrected chi connectivity index (χ2v) is 5.52. The molecule has 2 aromatic heterocycles. The molecule has 2 unspecified atom stereocenters. The summed E-state index contributed by atoms with van der Waals surface area (Å²) in [5, 5.41) is 9.70. The summed E-state index contributed by atoms with van der Waals surface area (Å²) in [5.41, 5.74) is 1.81. The van der Waals surface area contributed by atoms with Crippen molar-refractivity contribution < 1.29 is 5.11 Å². The number of aromatic nitrogens is 2. The third-order valence-corrected chi connectivity index (χ3v) is 4.40. The van der Waals surface area contributed by atoms with Crippen molar-refractivity contribution in [2.45, 2.75) is 39.3 Å². The minimum Gasteiger partial charge on any atom is -0.390 e. The summed E-state index contributed by atoms with van der Waals surface area (Å²) in [7, 11) is 0. The summed E-state index contributed by atoms with van der Waals surface area (Å²) in [6.07, 6.45) is 4.44. The highest BCUT2D eigenvalue weighted by Crippen LogP contribution is 2.30. The lowest BCUT2D eigenvalue weighted by Gasteiger charge is -2.38. The Morgan fingerprint density at radius 3 is 3.00 bits per heavy atom. The van der Waals surface area contributed by atoms with Gasteiger partial charge in [0.25, 0.3) is 0 Å². The fourth-order valence-electron chi connectivity index (χ4n) is 3.05. The number of pyridine rings is 1. The zero-order valence-corrected chi connectivity index (χ0v) is 11.6. The maximum atomic E-state index is 9.70. The van der Waals surface area contributed by atoms with E-state index >= 15 is 0 Å². The van der Waals surface area contributed by atoms with Gasteiger partial charge >= 0.3 is 0 Å². The van der Waals surface area contributed by atoms with Crippen molar-refractivity contribution in [1.82, 2.24) is 9.38 Å². The van der Waals surface area contributed by atoms with Crippen LogP contribution in [-0.4, -0.2) is 27.1 Å². The zero-order chi connectivity index (χ0) is 13.4. The van der Waals surface area contributed by atoms with E-state index in [1.165, 1.54) is 12.8 Å². The number of imidazole rings is 1. The van der Waals surface area contributed by atoms with E-state index in [4.69, 9.17) is 4.98 Å². The second-order valence-electron chi connectivity index (χ2n) is 5.52. The van der Waals surface area contributed by atoms with Crippen molar-refractivity contribution in [3.8, 4) is 0 Å². The van der Waals surface area contributed by atoms with E-state index in [-0.39, 0.29) is 6.61 Å². The van der Waals surface area contributed by atoms with Gasteiger partial charge < -0.3 is 10.0 Å². The Bertz CT molecular complexity index is 578. The van der Waals surface area contributed by atoms with Crippen LogP contribution in [0.1, 0.15) is 32.4 Å². The molecule has 3 rings (SSSR count). The molecule has 0 amide bonds. The molecule has 19 heavy (non-hydrogen) atoms. The third kappa shape index (κ3) is 2.00. The Kier molecular flexibility index (Phi) is 3.19. The molecular weight excluding hydrogens is 238 g/mol. The van der Waals surface area contributed by atoms with E-state index in [9.17, 15) is 5.11 Å². The number of hydrogen-bond acceptors (Lipinski definition) is 3. The van der Waals surface area contributed by atoms with Gasteiger partial charge in [0.05, 0.1) is 12.3 Å². The Morgan fingerprint density at radius 1 is 1.37 bits per heavy atom. The minimum absolute atomic E-state index is 0.0259. The van der Waals surface area contributed by atoms with Gasteiger partial charge in [-0.3, -0.25) is 4.40 Å². The Morgan fingerprint density at radius 2 is 2.21 bits per heavy atom. The van der Waals surface area contributed by atoms with Crippen LogP contribution in [0.2, 0.25) is 0 Å². The fraction of sp³-hybridized carbons (Fsp3) is 0.533. The summed E-state index contributed by atoms with van der Waals surface area (Å²) in [6.45, 7) is 5.61. The largest absolute Gasteiger partial charge is 0.390 e. The monoisotopic (exact) mass is 259 g/mol. The molecule has 3 heterocycles. The molecule has 102 valence electrons. The van der Waals surface area contributed by atoms with E-state index in [0.29, 0.717) is 12.0 Å². The molecule has 1 aliphatic heterocycles. The molecule has 4 nitrogen and oxygen atoms in total. The van der Waals surface area contributed by atoms with Crippen LogP contribution >= 0.6 is 0 Å². The molecule has 4 heteroatoms. The van der Waals surface area contributed by atoms with Crippen LogP contribution < -0.4 is 4.90 Å². The molecule has 1 saturated heterocycles. The topological polar surface area (TPSA) is 40.8 Å². The highest BCUT2D eigenvalue weighted by Gasteiger charge is 2.28. The van der Waals surface area contributed by atoms with Crippen molar-refractivity contribution >= 4 is 11.5 Å². The standard InChI is InChI=1S/C15H21N3O/c1-11-6-5-9-17(12(11)2)15-13(10-19)18-8-4-3-7-14(18)16-15/h3-4,7-8,11-12,19H,5-6,9-10H2,1-2H3. The maximum Gasteiger partial charge on any atom is 0.153 e. The van der Waals surface area contributed by atoms with Crippen LogP contribution in [-0.2, 0) is 6.61 Å². The average molecular weight is 259 g/mol. The molecule has 0 saturated carbocycles. The van der Waals surface area contributed by atoms with E-state index in [1.807, 2.05) is 28.8 Å². The highest BCUT2D eigenvalue weighted by atomic mass is 16.3. The van der Waals surface area contributed by atoms with Crippen molar-refractivity contribution in [2.24, 2.45) is 5.92 Å². The lowest BCUT2D eigenvalue weighted by molar-refractivity contribution is 0.274. The molecule has 0 radical (unpaired) electrons. The second kappa shape index (κ2) is 4.85. The number of hydrogen-bond donors (Lipinski definition) is 1. The van der Waals surface area contributed by atoms with Gasteiger partial charge in [-0.25, -0.2) is 4.98 Å². The Balaban J connectivity index is 2.08. The normalized spacial score (nSPS) is 24.1. The molecule has 0 aliphatic carbocycles. The van der Waals surface area contributed by atoms with Gasteiger partial charge in [0.1, 0.15) is 5.65 Å². The predicted molar refractivity (Wildman–Crippen MR) is 76.3 cm³/mol. The number of aliphatic hydroxyl groups is 1. The summed E-state index contributed by atoms with van der Waals surface area (Å²) in [4.78, 5) is 7.07. The van der Waals surface area contributed by atoms with Gasteiger partial charge in [-0.15, -0.1) is 0 Å². The molecule has 0 bridgehead atoms. The first-order valence-corrected chi connectivity index (χ1v) is 7.06. The number of anilines is 1. The summed E-state index contributed by atoms with van der Waals surface area (Å²) < 4.78 is 1.99. The van der Waals surface area contributed by atoms with Crippen LogP contribution in [0.5, 0.6) is 0 Å². The summed E-state index contributed by atoms with van der Waals surface area (Å²) in [6, 6.07) is 6.42. The zero-order valence-electron chi connectivity index (χ0n) is 11.6. The van der Waals surface area contributed by atoms with Gasteiger partial charge in [-0.05, 0) is 37.8 Å². The average Bonchev–Trinajstić information content (AvgIpc) is 2.80. The lowest BCUT2D eigenvalue weighted by Crippen LogP contribution is -2.43. The molecule has 0 spiro atoms. The predicted octanol–water partition coefficient (Wildman–Crippen LogP) is 2.45. The molecule has 1 fully saturated rings. The maximum absolute atomic E-state index is 9.70. The van der Waals surface area contributed by atoms with Crippen LogP contribution in [0.15, 0.2) is 24.4 Å². The number of nitrogens with zero attached hydrogens (tertiary/aromatic N) is 3. The van der Waals surface area contributed by atoms with Gasteiger partial charge in [-0.2, -0.15) is 0 Å². The number of rotatable bonds is 2. The van der Waals surface area contributed by atoms with E-state index in [0.717, 1.165) is 23.7 Å². The SMILES string of the molecule is CC1CCCN(c2nc3ccccn3c2CO)C1C. The van der Waals surface area contributed by atoms with E-state index < -0.39 is 0 Å². The van der Waals surface area contributed by atoms with Gasteiger partial charge in [-0.1, -0.05) is 13.0 Å². The van der Waals surface area contributed by atoms with Gasteiger partial charge in [0.2, 0.25) is 0 Å². The highest BCUT2D eigenvalue weighted by molar-refractivity contribution is 5.56. The quantitative estimate of drug-likeness (QED) is 0.900. The molecular formula is C15H21N3O. The Hall–Kier alpha value is -1.55. The molecule has 2 aromatic rings. The van der Waals surface area contributed by atoms with Gasteiger partial charge in [0, 0.05) is 18.8 Å². The first-order chi connectivity index (χ1) is 9.22. The summed E-state index contributed by atoms with van der Waals surface area (Å²) >= 11 is 0. The first kappa shape index (κ1) is 12.5. The molecule has 1 N–H and O–H groups in total. The van der Waals surface area contributed by atoms with Crippen molar-refractivity contribution in [3.63, 3.8) is 0 Å². The van der Waals surface area contributed by atoms with E-state index in [1.54, 1.807) is 0 Å². The first-order valence-electron chi connectivity index (χ1n) is 7.06. The Labute approximate surface area is 113 Å². The van der Waals surface area contributed by atoms with Crippen molar-refractivity contribution in [3.05, 3.63) is 30.1 Å². The molecule has 2 atom stereocenters. The van der Waals surface area contributed by atoms with Crippen LogP contribution in [0.25, 0.3) is 5.65 Å². The van der Waals surface area contributed by atoms with Crippen LogP contribution in [0.4, 0.5) is 5.82 Å². The fourth-order valence-corrected chi connectivity index (χ4v) is 3.05. The number of fused-ring (bicyclic) bond motifs is 1. The molecule has 0 aromatic carbocycles.